The van der Waals surface area contributed by atoms with Crippen molar-refractivity contribution in [3.63, 3.8) is 0 Å². The van der Waals surface area contributed by atoms with E-state index < -0.39 is 6.10 Å². The van der Waals surface area contributed by atoms with Gasteiger partial charge in [0.05, 0.1) is 33.4 Å². The van der Waals surface area contributed by atoms with Crippen LogP contribution in [0.2, 0.25) is 0 Å². The van der Waals surface area contributed by atoms with Crippen LogP contribution in [0.1, 0.15) is 43.2 Å². The van der Waals surface area contributed by atoms with E-state index in [0.717, 1.165) is 49.4 Å². The van der Waals surface area contributed by atoms with Crippen LogP contribution in [0.4, 0.5) is 0 Å². The molecule has 40 heavy (non-hydrogen) atoms. The molecule has 2 aromatic carbocycles. The fraction of sp³-hybridized carbons (Fsp3) is 0.581. The summed E-state index contributed by atoms with van der Waals surface area (Å²) in [4.78, 5) is 13.6. The first-order valence-corrected chi connectivity index (χ1v) is 14.4. The number of nitrogens with one attached hydrogen (secondary N) is 1. The number of amides is 1. The standard InChI is InChI=1S/C31H45N3O6/c1-37-29-12-9-23(17-30(29)38-2)14-16-39-28-6-4-3-5-27(28)34-15-13-24(20-34)33-19-25(35)21-40-26-10-7-22(8-11-26)18-31(32)36/h7-12,17,24-25,27-28,33,35H,3-6,13-16,18-21H2,1-2H3,(H2,32,36)/t24?,25?,27-,28-/m1/s1. The lowest BCUT2D eigenvalue weighted by Crippen LogP contribution is -2.47. The lowest BCUT2D eigenvalue weighted by atomic mass is 9.91. The van der Waals surface area contributed by atoms with Crippen molar-refractivity contribution in [3.8, 4) is 17.2 Å². The number of rotatable bonds is 15. The van der Waals surface area contributed by atoms with Crippen LogP contribution < -0.4 is 25.3 Å². The van der Waals surface area contributed by atoms with Gasteiger partial charge in [0.1, 0.15) is 18.5 Å². The van der Waals surface area contributed by atoms with Crippen molar-refractivity contribution >= 4 is 5.91 Å². The average molecular weight is 556 g/mol. The van der Waals surface area contributed by atoms with Crippen molar-refractivity contribution < 1.29 is 28.8 Å². The van der Waals surface area contributed by atoms with Crippen molar-refractivity contribution in [2.45, 2.75) is 69.2 Å². The summed E-state index contributed by atoms with van der Waals surface area (Å²) in [6.07, 6.45) is 6.48. The number of aliphatic hydroxyl groups is 1. The summed E-state index contributed by atoms with van der Waals surface area (Å²) in [6, 6.07) is 14.1. The summed E-state index contributed by atoms with van der Waals surface area (Å²) < 4.78 is 23.0. The SMILES string of the molecule is COc1ccc(CCO[C@@H]2CCCC[C@H]2N2CCC(NCC(O)COc3ccc(CC(N)=O)cc3)C2)cc1OC. The van der Waals surface area contributed by atoms with Crippen LogP contribution in [-0.4, -0.2) is 87.3 Å². The van der Waals surface area contributed by atoms with Crippen molar-refractivity contribution in [2.75, 3.05) is 47.1 Å². The van der Waals surface area contributed by atoms with E-state index in [9.17, 15) is 9.90 Å². The van der Waals surface area contributed by atoms with Gasteiger partial charge in [0, 0.05) is 31.7 Å². The second-order valence-electron chi connectivity index (χ2n) is 10.8. The van der Waals surface area contributed by atoms with Gasteiger partial charge in [-0.3, -0.25) is 9.69 Å². The number of nitrogens with zero attached hydrogens (tertiary/aromatic N) is 1. The van der Waals surface area contributed by atoms with Crippen LogP contribution in [0.5, 0.6) is 17.2 Å². The number of benzene rings is 2. The van der Waals surface area contributed by atoms with Gasteiger partial charge in [0.25, 0.3) is 0 Å². The molecule has 2 unspecified atom stereocenters. The van der Waals surface area contributed by atoms with Crippen LogP contribution >= 0.6 is 0 Å². The van der Waals surface area contributed by atoms with Gasteiger partial charge in [-0.1, -0.05) is 31.0 Å². The largest absolute Gasteiger partial charge is 0.493 e. The normalized spacial score (nSPS) is 22.1. The van der Waals surface area contributed by atoms with Gasteiger partial charge in [-0.25, -0.2) is 0 Å². The van der Waals surface area contributed by atoms with Gasteiger partial charge >= 0.3 is 0 Å². The highest BCUT2D eigenvalue weighted by molar-refractivity contribution is 5.76. The third-order valence-corrected chi connectivity index (χ3v) is 7.91. The van der Waals surface area contributed by atoms with Gasteiger partial charge in [-0.2, -0.15) is 0 Å². The fourth-order valence-electron chi connectivity index (χ4n) is 5.77. The van der Waals surface area contributed by atoms with E-state index in [4.69, 9.17) is 24.7 Å². The number of primary amides is 1. The maximum absolute atomic E-state index is 11.0. The Morgan fingerprint density at radius 1 is 1.05 bits per heavy atom. The molecule has 1 aliphatic heterocycles. The molecule has 1 aliphatic carbocycles. The molecule has 0 bridgehead atoms. The molecular formula is C31H45N3O6. The van der Waals surface area contributed by atoms with E-state index in [2.05, 4.69) is 16.3 Å². The van der Waals surface area contributed by atoms with Crippen LogP contribution in [0.15, 0.2) is 42.5 Å². The Kier molecular flexibility index (Phi) is 11.5. The van der Waals surface area contributed by atoms with Gasteiger partial charge in [-0.15, -0.1) is 0 Å². The molecule has 1 saturated carbocycles. The van der Waals surface area contributed by atoms with Crippen molar-refractivity contribution in [2.24, 2.45) is 5.73 Å². The zero-order valence-corrected chi connectivity index (χ0v) is 23.8. The zero-order chi connectivity index (χ0) is 28.3. The number of hydrogen-bond acceptors (Lipinski definition) is 8. The predicted octanol–water partition coefficient (Wildman–Crippen LogP) is 2.71. The number of aliphatic hydroxyl groups excluding tert-OH is 1. The number of likely N-dealkylation sites (tertiary alicyclic amines) is 1. The molecule has 9 nitrogen and oxygen atoms in total. The summed E-state index contributed by atoms with van der Waals surface area (Å²) in [7, 11) is 3.31. The molecule has 4 atom stereocenters. The number of ether oxygens (including phenoxy) is 4. The van der Waals surface area contributed by atoms with E-state index in [1.807, 2.05) is 24.3 Å². The third-order valence-electron chi connectivity index (χ3n) is 7.91. The Balaban J connectivity index is 1.17. The summed E-state index contributed by atoms with van der Waals surface area (Å²) in [5.41, 5.74) is 7.26. The zero-order valence-electron chi connectivity index (χ0n) is 23.8. The molecule has 4 N–H and O–H groups in total. The molecule has 0 radical (unpaired) electrons. The van der Waals surface area contributed by atoms with Gasteiger partial charge < -0.3 is 35.1 Å². The number of methoxy groups -OCH3 is 2. The topological polar surface area (TPSA) is 116 Å². The molecule has 2 aliphatic rings. The summed E-state index contributed by atoms with van der Waals surface area (Å²) in [5, 5.41) is 14.0. The molecule has 1 amide bonds. The van der Waals surface area contributed by atoms with Crippen LogP contribution in [-0.2, 0) is 22.4 Å². The number of carbonyl (C=O) groups excluding carboxylic acids is 1. The Hall–Kier alpha value is -2.85. The Morgan fingerprint density at radius 2 is 1.80 bits per heavy atom. The lowest BCUT2D eigenvalue weighted by molar-refractivity contribution is -0.117. The fourth-order valence-corrected chi connectivity index (χ4v) is 5.77. The highest BCUT2D eigenvalue weighted by atomic mass is 16.5. The Morgan fingerprint density at radius 3 is 2.55 bits per heavy atom. The number of carbonyl (C=O) groups is 1. The highest BCUT2D eigenvalue weighted by Crippen LogP contribution is 2.30. The lowest BCUT2D eigenvalue weighted by Gasteiger charge is -2.38. The first kappa shape index (κ1) is 30.1. The predicted molar refractivity (Wildman–Crippen MR) is 154 cm³/mol. The number of hydrogen-bond donors (Lipinski definition) is 3. The van der Waals surface area contributed by atoms with Crippen molar-refractivity contribution in [1.82, 2.24) is 10.2 Å². The Bertz CT molecular complexity index is 1070. The number of nitrogens with two attached hydrogens (primary N) is 1. The molecule has 1 saturated heterocycles. The first-order chi connectivity index (χ1) is 19.4. The minimum Gasteiger partial charge on any atom is -0.493 e. The van der Waals surface area contributed by atoms with Crippen LogP contribution in [0.25, 0.3) is 0 Å². The summed E-state index contributed by atoms with van der Waals surface area (Å²) in [6.45, 7) is 3.38. The van der Waals surface area contributed by atoms with E-state index in [-0.39, 0.29) is 25.0 Å². The molecule has 0 spiro atoms. The minimum atomic E-state index is -0.610. The van der Waals surface area contributed by atoms with Gasteiger partial charge in [-0.05, 0) is 61.1 Å². The molecule has 2 fully saturated rings. The third kappa shape index (κ3) is 8.83. The molecule has 9 heteroatoms. The highest BCUT2D eigenvalue weighted by Gasteiger charge is 2.35. The maximum atomic E-state index is 11.0. The minimum absolute atomic E-state index is 0.206. The van der Waals surface area contributed by atoms with E-state index in [0.29, 0.717) is 31.0 Å². The smallest absolute Gasteiger partial charge is 0.221 e. The van der Waals surface area contributed by atoms with Crippen LogP contribution in [0, 0.1) is 0 Å². The second kappa shape index (κ2) is 15.2. The summed E-state index contributed by atoms with van der Waals surface area (Å²) in [5.74, 6) is 1.79. The molecule has 1 heterocycles. The van der Waals surface area contributed by atoms with Gasteiger partial charge in [0.15, 0.2) is 11.5 Å². The van der Waals surface area contributed by atoms with Crippen molar-refractivity contribution in [3.05, 3.63) is 53.6 Å². The average Bonchev–Trinajstić information content (AvgIpc) is 3.44. The monoisotopic (exact) mass is 555 g/mol. The first-order valence-electron chi connectivity index (χ1n) is 14.4. The molecule has 4 rings (SSSR count). The quantitative estimate of drug-likeness (QED) is 0.307. The van der Waals surface area contributed by atoms with Crippen molar-refractivity contribution in [1.29, 1.82) is 0 Å². The Labute approximate surface area is 237 Å². The van der Waals surface area contributed by atoms with E-state index in [1.165, 1.54) is 24.8 Å². The molecular weight excluding hydrogens is 510 g/mol. The molecule has 0 aromatic heterocycles. The second-order valence-corrected chi connectivity index (χ2v) is 10.8. The van der Waals surface area contributed by atoms with Crippen LogP contribution in [0.3, 0.4) is 0 Å². The van der Waals surface area contributed by atoms with Gasteiger partial charge in [0.2, 0.25) is 5.91 Å². The molecule has 220 valence electrons. The van der Waals surface area contributed by atoms with E-state index in [1.54, 1.807) is 26.4 Å². The molecule has 2 aromatic rings. The summed E-state index contributed by atoms with van der Waals surface area (Å²) >= 11 is 0. The van der Waals surface area contributed by atoms with E-state index >= 15 is 0 Å². The maximum Gasteiger partial charge on any atom is 0.221 e.